The molecule has 0 aromatic carbocycles. The summed E-state index contributed by atoms with van der Waals surface area (Å²) in [6.45, 7) is 8.70. The SMILES string of the molecule is CC1CN(C(=O)C(C)(C)N)CC(C)O1. The van der Waals surface area contributed by atoms with Gasteiger partial charge in [-0.1, -0.05) is 0 Å². The lowest BCUT2D eigenvalue weighted by atomic mass is 10.0. The molecule has 2 N–H and O–H groups in total. The van der Waals surface area contributed by atoms with Crippen molar-refractivity contribution in [1.82, 2.24) is 4.90 Å². The topological polar surface area (TPSA) is 55.6 Å². The van der Waals surface area contributed by atoms with E-state index in [0.29, 0.717) is 13.1 Å². The molecule has 1 fully saturated rings. The number of nitrogens with two attached hydrogens (primary N) is 1. The third kappa shape index (κ3) is 2.69. The number of morpholine rings is 1. The standard InChI is InChI=1S/C10H20N2O2/c1-7-5-12(6-8(2)14-7)9(13)10(3,4)11/h7-8H,5-6,11H2,1-4H3. The zero-order valence-corrected chi connectivity index (χ0v) is 9.41. The zero-order valence-electron chi connectivity index (χ0n) is 9.41. The summed E-state index contributed by atoms with van der Waals surface area (Å²) < 4.78 is 5.54. The molecule has 0 aromatic rings. The van der Waals surface area contributed by atoms with Crippen LogP contribution in [-0.4, -0.2) is 41.6 Å². The van der Waals surface area contributed by atoms with E-state index < -0.39 is 5.54 Å². The second kappa shape index (κ2) is 3.87. The maximum absolute atomic E-state index is 11.9. The molecule has 0 spiro atoms. The van der Waals surface area contributed by atoms with Crippen molar-refractivity contribution in [2.45, 2.75) is 45.4 Å². The number of ether oxygens (including phenoxy) is 1. The Bertz CT molecular complexity index is 213. The van der Waals surface area contributed by atoms with E-state index in [1.165, 1.54) is 0 Å². The molecule has 0 saturated carbocycles. The van der Waals surface area contributed by atoms with Crippen LogP contribution in [0.1, 0.15) is 27.7 Å². The number of carbonyl (C=O) groups is 1. The van der Waals surface area contributed by atoms with Gasteiger partial charge in [0.2, 0.25) is 5.91 Å². The number of amides is 1. The fraction of sp³-hybridized carbons (Fsp3) is 0.900. The van der Waals surface area contributed by atoms with Crippen LogP contribution in [0.25, 0.3) is 0 Å². The van der Waals surface area contributed by atoms with E-state index in [1.54, 1.807) is 18.7 Å². The lowest BCUT2D eigenvalue weighted by Crippen LogP contribution is -2.57. The van der Waals surface area contributed by atoms with Gasteiger partial charge >= 0.3 is 0 Å². The lowest BCUT2D eigenvalue weighted by molar-refractivity contribution is -0.147. The Hall–Kier alpha value is -0.610. The summed E-state index contributed by atoms with van der Waals surface area (Å²) in [6, 6.07) is 0. The van der Waals surface area contributed by atoms with Crippen molar-refractivity contribution in [3.05, 3.63) is 0 Å². The molecular weight excluding hydrogens is 180 g/mol. The molecular formula is C10H20N2O2. The lowest BCUT2D eigenvalue weighted by Gasteiger charge is -2.38. The van der Waals surface area contributed by atoms with Crippen LogP contribution in [0.5, 0.6) is 0 Å². The van der Waals surface area contributed by atoms with Gasteiger partial charge < -0.3 is 15.4 Å². The minimum atomic E-state index is -0.781. The van der Waals surface area contributed by atoms with Crippen LogP contribution < -0.4 is 5.73 Å². The Morgan fingerprint density at radius 2 is 1.79 bits per heavy atom. The Labute approximate surface area is 85.4 Å². The van der Waals surface area contributed by atoms with Crippen molar-refractivity contribution >= 4 is 5.91 Å². The van der Waals surface area contributed by atoms with Crippen LogP contribution in [0.3, 0.4) is 0 Å². The number of nitrogens with zero attached hydrogens (tertiary/aromatic N) is 1. The average molecular weight is 200 g/mol. The van der Waals surface area contributed by atoms with Gasteiger partial charge in [0.1, 0.15) is 0 Å². The molecule has 1 rings (SSSR count). The van der Waals surface area contributed by atoms with Gasteiger partial charge in [-0.3, -0.25) is 4.79 Å². The summed E-state index contributed by atoms with van der Waals surface area (Å²) in [7, 11) is 0. The molecule has 0 radical (unpaired) electrons. The van der Waals surface area contributed by atoms with Crippen LogP contribution in [0, 0.1) is 0 Å². The molecule has 0 bridgehead atoms. The van der Waals surface area contributed by atoms with Gasteiger partial charge in [-0.2, -0.15) is 0 Å². The second-order valence-corrected chi connectivity index (χ2v) is 4.69. The predicted molar refractivity (Wildman–Crippen MR) is 54.9 cm³/mol. The summed E-state index contributed by atoms with van der Waals surface area (Å²) in [5.41, 5.74) is 4.99. The Balaban J connectivity index is 2.64. The molecule has 1 aliphatic heterocycles. The fourth-order valence-electron chi connectivity index (χ4n) is 1.75. The fourth-order valence-corrected chi connectivity index (χ4v) is 1.75. The van der Waals surface area contributed by atoms with Crippen molar-refractivity contribution in [2.24, 2.45) is 5.73 Å². The molecule has 1 saturated heterocycles. The highest BCUT2D eigenvalue weighted by Gasteiger charge is 2.32. The largest absolute Gasteiger partial charge is 0.372 e. The molecule has 2 atom stereocenters. The molecule has 82 valence electrons. The third-order valence-electron chi connectivity index (χ3n) is 2.26. The van der Waals surface area contributed by atoms with E-state index in [1.807, 2.05) is 13.8 Å². The van der Waals surface area contributed by atoms with Crippen LogP contribution in [0.4, 0.5) is 0 Å². The van der Waals surface area contributed by atoms with Crippen molar-refractivity contribution in [2.75, 3.05) is 13.1 Å². The first kappa shape index (κ1) is 11.5. The highest BCUT2D eigenvalue weighted by Crippen LogP contribution is 2.14. The van der Waals surface area contributed by atoms with Gasteiger partial charge in [-0.05, 0) is 27.7 Å². The molecule has 0 aromatic heterocycles. The smallest absolute Gasteiger partial charge is 0.242 e. The highest BCUT2D eigenvalue weighted by molar-refractivity contribution is 5.85. The maximum Gasteiger partial charge on any atom is 0.242 e. The van der Waals surface area contributed by atoms with Crippen molar-refractivity contribution in [3.8, 4) is 0 Å². The Morgan fingerprint density at radius 1 is 1.36 bits per heavy atom. The molecule has 1 amide bonds. The second-order valence-electron chi connectivity index (χ2n) is 4.69. The molecule has 0 aliphatic carbocycles. The maximum atomic E-state index is 11.9. The highest BCUT2D eigenvalue weighted by atomic mass is 16.5. The van der Waals surface area contributed by atoms with Crippen molar-refractivity contribution in [3.63, 3.8) is 0 Å². The normalized spacial score (nSPS) is 29.1. The van der Waals surface area contributed by atoms with Gasteiger partial charge in [0.05, 0.1) is 17.7 Å². The first-order valence-electron chi connectivity index (χ1n) is 5.04. The molecule has 14 heavy (non-hydrogen) atoms. The number of hydrogen-bond donors (Lipinski definition) is 1. The molecule has 1 aliphatic rings. The Morgan fingerprint density at radius 3 is 2.14 bits per heavy atom. The van der Waals surface area contributed by atoms with Gasteiger partial charge in [0, 0.05) is 13.1 Å². The van der Waals surface area contributed by atoms with E-state index in [2.05, 4.69) is 0 Å². The molecule has 4 heteroatoms. The van der Waals surface area contributed by atoms with Crippen molar-refractivity contribution in [1.29, 1.82) is 0 Å². The number of hydrogen-bond acceptors (Lipinski definition) is 3. The first-order chi connectivity index (χ1) is 6.30. The summed E-state index contributed by atoms with van der Waals surface area (Å²) in [6.07, 6.45) is 0.204. The number of rotatable bonds is 1. The summed E-state index contributed by atoms with van der Waals surface area (Å²) >= 11 is 0. The van der Waals surface area contributed by atoms with Gasteiger partial charge in [-0.25, -0.2) is 0 Å². The summed E-state index contributed by atoms with van der Waals surface area (Å²) in [5, 5.41) is 0. The first-order valence-corrected chi connectivity index (χ1v) is 5.04. The van der Waals surface area contributed by atoms with E-state index in [0.717, 1.165) is 0 Å². The van der Waals surface area contributed by atoms with Crippen LogP contribution in [0.15, 0.2) is 0 Å². The quantitative estimate of drug-likeness (QED) is 0.665. The molecule has 4 nitrogen and oxygen atoms in total. The van der Waals surface area contributed by atoms with Crippen LogP contribution in [0.2, 0.25) is 0 Å². The molecule has 2 unspecified atom stereocenters. The predicted octanol–water partition coefficient (Wildman–Crippen LogP) is 0.360. The minimum Gasteiger partial charge on any atom is -0.372 e. The third-order valence-corrected chi connectivity index (χ3v) is 2.26. The Kier molecular flexibility index (Phi) is 3.17. The minimum absolute atomic E-state index is 0.000463. The molecule has 1 heterocycles. The van der Waals surface area contributed by atoms with E-state index in [-0.39, 0.29) is 18.1 Å². The summed E-state index contributed by atoms with van der Waals surface area (Å²) in [5.74, 6) is -0.000463. The van der Waals surface area contributed by atoms with E-state index in [4.69, 9.17) is 10.5 Å². The number of carbonyl (C=O) groups excluding carboxylic acids is 1. The van der Waals surface area contributed by atoms with E-state index in [9.17, 15) is 4.79 Å². The zero-order chi connectivity index (χ0) is 10.9. The monoisotopic (exact) mass is 200 g/mol. The van der Waals surface area contributed by atoms with Gasteiger partial charge in [0.25, 0.3) is 0 Å². The van der Waals surface area contributed by atoms with Gasteiger partial charge in [0.15, 0.2) is 0 Å². The summed E-state index contributed by atoms with van der Waals surface area (Å²) in [4.78, 5) is 13.6. The van der Waals surface area contributed by atoms with Gasteiger partial charge in [-0.15, -0.1) is 0 Å². The van der Waals surface area contributed by atoms with Crippen LogP contribution in [-0.2, 0) is 9.53 Å². The van der Waals surface area contributed by atoms with Crippen molar-refractivity contribution < 1.29 is 9.53 Å². The van der Waals surface area contributed by atoms with Crippen LogP contribution >= 0.6 is 0 Å². The average Bonchev–Trinajstić information content (AvgIpc) is 1.99. The van der Waals surface area contributed by atoms with E-state index >= 15 is 0 Å².